The molecule has 0 saturated heterocycles. The fourth-order valence-electron chi connectivity index (χ4n) is 2.38. The molecule has 1 aromatic carbocycles. The van der Waals surface area contributed by atoms with Crippen LogP contribution in [0.25, 0.3) is 0 Å². The van der Waals surface area contributed by atoms with Gasteiger partial charge in [-0.05, 0) is 38.5 Å². The highest BCUT2D eigenvalue weighted by molar-refractivity contribution is 14.0. The summed E-state index contributed by atoms with van der Waals surface area (Å²) in [6, 6.07) is 7.98. The highest BCUT2D eigenvalue weighted by Crippen LogP contribution is 2.14. The first-order valence-corrected chi connectivity index (χ1v) is 9.73. The monoisotopic (exact) mass is 517 g/mol. The van der Waals surface area contributed by atoms with Gasteiger partial charge in [0.2, 0.25) is 0 Å². The van der Waals surface area contributed by atoms with Crippen molar-refractivity contribution < 1.29 is 9.53 Å². The van der Waals surface area contributed by atoms with Crippen molar-refractivity contribution in [2.24, 2.45) is 4.99 Å². The smallest absolute Gasteiger partial charge is 0.263 e. The van der Waals surface area contributed by atoms with Crippen molar-refractivity contribution in [3.05, 3.63) is 45.9 Å². The van der Waals surface area contributed by atoms with Crippen LogP contribution in [0.15, 0.2) is 34.8 Å². The van der Waals surface area contributed by atoms with Gasteiger partial charge < -0.3 is 20.7 Å². The van der Waals surface area contributed by atoms with Crippen LogP contribution in [0.5, 0.6) is 5.75 Å². The third kappa shape index (κ3) is 8.01. The number of nitrogens with one attached hydrogen (secondary N) is 3. The van der Waals surface area contributed by atoms with Gasteiger partial charge in [-0.25, -0.2) is 4.98 Å². The number of ether oxygens (including phenoxy) is 1. The van der Waals surface area contributed by atoms with Gasteiger partial charge in [-0.15, -0.1) is 35.3 Å². The van der Waals surface area contributed by atoms with Gasteiger partial charge in [0, 0.05) is 20.1 Å². The van der Waals surface area contributed by atoms with Crippen molar-refractivity contribution in [1.29, 1.82) is 0 Å². The molecular weight excluding hydrogens is 489 g/mol. The van der Waals surface area contributed by atoms with E-state index in [0.29, 0.717) is 30.5 Å². The van der Waals surface area contributed by atoms with Crippen LogP contribution >= 0.6 is 35.3 Å². The molecule has 1 unspecified atom stereocenters. The van der Waals surface area contributed by atoms with Crippen LogP contribution in [0.3, 0.4) is 0 Å². The molecule has 28 heavy (non-hydrogen) atoms. The number of hydrogen-bond acceptors (Lipinski definition) is 5. The minimum atomic E-state index is -0.0973. The first-order valence-electron chi connectivity index (χ1n) is 8.85. The maximum absolute atomic E-state index is 12.0. The van der Waals surface area contributed by atoms with Gasteiger partial charge in [0.15, 0.2) is 5.96 Å². The number of thiazole rings is 1. The number of halogens is 1. The minimum absolute atomic E-state index is 0. The van der Waals surface area contributed by atoms with Crippen LogP contribution in [0.1, 0.15) is 27.9 Å². The Morgan fingerprint density at radius 2 is 2.00 bits per heavy atom. The Morgan fingerprint density at radius 1 is 1.25 bits per heavy atom. The highest BCUT2D eigenvalue weighted by atomic mass is 127. The molecule has 1 aromatic heterocycles. The molecule has 1 heterocycles. The molecule has 9 heteroatoms. The lowest BCUT2D eigenvalue weighted by atomic mass is 10.2. The summed E-state index contributed by atoms with van der Waals surface area (Å²) in [5, 5.41) is 9.26. The average Bonchev–Trinajstić information content (AvgIpc) is 3.07. The number of aliphatic imine (C=N–C) groups is 1. The molecule has 2 rings (SSSR count). The van der Waals surface area contributed by atoms with E-state index in [2.05, 4.69) is 25.9 Å². The van der Waals surface area contributed by atoms with Crippen molar-refractivity contribution in [3.8, 4) is 5.75 Å². The third-order valence-corrected chi connectivity index (χ3v) is 4.69. The number of hydrogen-bond donors (Lipinski definition) is 3. The zero-order valence-corrected chi connectivity index (χ0v) is 19.8. The van der Waals surface area contributed by atoms with Crippen molar-refractivity contribution in [2.45, 2.75) is 26.9 Å². The molecule has 2 aromatic rings. The Morgan fingerprint density at radius 3 is 2.64 bits per heavy atom. The quantitative estimate of drug-likeness (QED) is 0.217. The largest absolute Gasteiger partial charge is 0.489 e. The summed E-state index contributed by atoms with van der Waals surface area (Å²) in [7, 11) is 1.71. The first-order chi connectivity index (χ1) is 13.0. The number of nitrogens with zero attached hydrogens (tertiary/aromatic N) is 2. The molecule has 0 spiro atoms. The number of amides is 1. The molecule has 0 radical (unpaired) electrons. The van der Waals surface area contributed by atoms with Crippen LogP contribution in [-0.4, -0.2) is 49.6 Å². The topological polar surface area (TPSA) is 87.6 Å². The molecule has 154 valence electrons. The van der Waals surface area contributed by atoms with Crippen LogP contribution < -0.4 is 20.7 Å². The lowest BCUT2D eigenvalue weighted by Gasteiger charge is -2.18. The first kappa shape index (κ1) is 24.2. The SMILES string of the molecule is CN=C(NCCNC(=O)c1scnc1C)NCC(C)Oc1cccc(C)c1.I. The van der Waals surface area contributed by atoms with Crippen LogP contribution in [0, 0.1) is 13.8 Å². The van der Waals surface area contributed by atoms with E-state index in [1.165, 1.54) is 16.9 Å². The van der Waals surface area contributed by atoms with E-state index in [-0.39, 0.29) is 36.0 Å². The van der Waals surface area contributed by atoms with Crippen molar-refractivity contribution in [3.63, 3.8) is 0 Å². The summed E-state index contributed by atoms with van der Waals surface area (Å²) in [4.78, 5) is 20.9. The van der Waals surface area contributed by atoms with Crippen LogP contribution in [0.2, 0.25) is 0 Å². The van der Waals surface area contributed by atoms with E-state index in [9.17, 15) is 4.79 Å². The third-order valence-electron chi connectivity index (χ3n) is 3.76. The average molecular weight is 517 g/mol. The second kappa shape index (κ2) is 12.6. The van der Waals surface area contributed by atoms with E-state index >= 15 is 0 Å². The molecule has 7 nitrogen and oxygen atoms in total. The molecule has 0 aliphatic heterocycles. The van der Waals surface area contributed by atoms with E-state index in [1.807, 2.05) is 45.0 Å². The fraction of sp³-hybridized carbons (Fsp3) is 0.421. The second-order valence-corrected chi connectivity index (χ2v) is 7.00. The van der Waals surface area contributed by atoms with Crippen LogP contribution in [0.4, 0.5) is 0 Å². The highest BCUT2D eigenvalue weighted by Gasteiger charge is 2.11. The Labute approximate surface area is 187 Å². The lowest BCUT2D eigenvalue weighted by Crippen LogP contribution is -2.44. The Bertz CT molecular complexity index is 781. The van der Waals surface area contributed by atoms with Gasteiger partial charge in [-0.3, -0.25) is 9.79 Å². The molecule has 0 aliphatic rings. The standard InChI is InChI=1S/C19H27N5O2S.HI/c1-13-6-5-7-16(10-13)26-14(2)11-23-19(20-4)22-9-8-21-18(25)17-15(3)24-12-27-17;/h5-7,10,12,14H,8-9,11H2,1-4H3,(H,21,25)(H2,20,22,23);1H. The Kier molecular flexibility index (Phi) is 10.8. The fourth-order valence-corrected chi connectivity index (χ4v) is 3.10. The molecule has 0 bridgehead atoms. The van der Waals surface area contributed by atoms with Crippen molar-refractivity contribution >= 4 is 47.2 Å². The summed E-state index contributed by atoms with van der Waals surface area (Å²) >= 11 is 1.35. The van der Waals surface area contributed by atoms with Gasteiger partial charge in [-0.2, -0.15) is 0 Å². The number of benzene rings is 1. The molecule has 0 fully saturated rings. The number of aromatic nitrogens is 1. The lowest BCUT2D eigenvalue weighted by molar-refractivity contribution is 0.0957. The van der Waals surface area contributed by atoms with Crippen molar-refractivity contribution in [2.75, 3.05) is 26.7 Å². The van der Waals surface area contributed by atoms with Crippen LogP contribution in [-0.2, 0) is 0 Å². The van der Waals surface area contributed by atoms with Gasteiger partial charge in [0.25, 0.3) is 5.91 Å². The van der Waals surface area contributed by atoms with Gasteiger partial charge >= 0.3 is 0 Å². The maximum atomic E-state index is 12.0. The maximum Gasteiger partial charge on any atom is 0.263 e. The minimum Gasteiger partial charge on any atom is -0.489 e. The number of guanidine groups is 1. The Hall–Kier alpha value is -1.88. The molecular formula is C19H28IN5O2S. The molecule has 0 aliphatic carbocycles. The van der Waals surface area contributed by atoms with Crippen molar-refractivity contribution in [1.82, 2.24) is 20.9 Å². The van der Waals surface area contributed by atoms with E-state index in [4.69, 9.17) is 4.74 Å². The summed E-state index contributed by atoms with van der Waals surface area (Å²) in [6.45, 7) is 7.54. The molecule has 1 atom stereocenters. The molecule has 3 N–H and O–H groups in total. The number of carbonyl (C=O) groups excluding carboxylic acids is 1. The molecule has 1 amide bonds. The number of rotatable bonds is 8. The van der Waals surface area contributed by atoms with Gasteiger partial charge in [-0.1, -0.05) is 12.1 Å². The number of aryl methyl sites for hydroxylation is 2. The summed E-state index contributed by atoms with van der Waals surface area (Å²) in [5.74, 6) is 1.42. The second-order valence-electron chi connectivity index (χ2n) is 6.15. The summed E-state index contributed by atoms with van der Waals surface area (Å²) in [6.07, 6.45) is -0.0145. The summed E-state index contributed by atoms with van der Waals surface area (Å²) in [5.41, 5.74) is 3.60. The van der Waals surface area contributed by atoms with Gasteiger partial charge in [0.05, 0.1) is 17.7 Å². The predicted octanol–water partition coefficient (Wildman–Crippen LogP) is 2.74. The number of carbonyl (C=O) groups is 1. The molecule has 0 saturated carbocycles. The zero-order valence-electron chi connectivity index (χ0n) is 16.6. The van der Waals surface area contributed by atoms with Gasteiger partial charge in [0.1, 0.15) is 16.7 Å². The van der Waals surface area contributed by atoms with E-state index in [1.54, 1.807) is 12.6 Å². The zero-order chi connectivity index (χ0) is 19.6. The van der Waals surface area contributed by atoms with E-state index < -0.39 is 0 Å². The van der Waals surface area contributed by atoms with E-state index in [0.717, 1.165) is 11.4 Å². The normalized spacial score (nSPS) is 11.9. The Balaban J connectivity index is 0.00000392. The summed E-state index contributed by atoms with van der Waals surface area (Å²) < 4.78 is 5.89. The predicted molar refractivity (Wildman–Crippen MR) is 125 cm³/mol.